The molecular weight excluding hydrogens is 298 g/mol. The highest BCUT2D eigenvalue weighted by Crippen LogP contribution is 1.99. The van der Waals surface area contributed by atoms with Gasteiger partial charge in [-0.15, -0.1) is 0 Å². The molecule has 2 rings (SSSR count). The normalized spacial score (nSPS) is 10.1. The van der Waals surface area contributed by atoms with Crippen molar-refractivity contribution in [1.29, 1.82) is 0 Å². The number of aromatic nitrogens is 2. The summed E-state index contributed by atoms with van der Waals surface area (Å²) in [6, 6.07) is 7.84. The Hall–Kier alpha value is -2.96. The highest BCUT2D eigenvalue weighted by molar-refractivity contribution is 5.92. The number of methoxy groups -OCH3 is 1. The molecule has 2 aromatic rings. The monoisotopic (exact) mass is 315 g/mol. The van der Waals surface area contributed by atoms with Crippen LogP contribution >= 0.6 is 0 Å². The lowest BCUT2D eigenvalue weighted by Gasteiger charge is -2.08. The van der Waals surface area contributed by atoms with E-state index in [1.807, 2.05) is 0 Å². The van der Waals surface area contributed by atoms with Crippen LogP contribution in [0.15, 0.2) is 47.5 Å². The fourth-order valence-corrected chi connectivity index (χ4v) is 1.98. The molecule has 0 atom stereocenters. The molecule has 1 N–H and O–H groups in total. The number of pyridine rings is 2. The van der Waals surface area contributed by atoms with E-state index >= 15 is 0 Å². The number of hydrogen-bond donors (Lipinski definition) is 1. The fraction of sp³-hybridized carbons (Fsp3) is 0.250. The number of rotatable bonds is 6. The van der Waals surface area contributed by atoms with Crippen LogP contribution < -0.4 is 10.9 Å². The van der Waals surface area contributed by atoms with Crippen LogP contribution in [0, 0.1) is 0 Å². The van der Waals surface area contributed by atoms with Gasteiger partial charge in [-0.1, -0.05) is 6.07 Å². The molecule has 0 bridgehead atoms. The molecule has 2 aromatic heterocycles. The van der Waals surface area contributed by atoms with E-state index in [2.05, 4.69) is 15.0 Å². The Labute approximate surface area is 132 Å². The lowest BCUT2D eigenvalue weighted by Crippen LogP contribution is -2.27. The minimum Gasteiger partial charge on any atom is -0.465 e. The van der Waals surface area contributed by atoms with Crippen molar-refractivity contribution >= 4 is 11.9 Å². The van der Waals surface area contributed by atoms with Gasteiger partial charge in [0.05, 0.1) is 12.7 Å². The molecule has 0 saturated heterocycles. The molecule has 1 amide bonds. The van der Waals surface area contributed by atoms with E-state index in [1.165, 1.54) is 30.0 Å². The zero-order valence-corrected chi connectivity index (χ0v) is 12.7. The van der Waals surface area contributed by atoms with Crippen LogP contribution in [0.1, 0.15) is 27.3 Å². The van der Waals surface area contributed by atoms with Crippen LogP contribution in [0.25, 0.3) is 0 Å². The SMILES string of the molecule is COC(=O)c1ccc(=O)n(CCCNC(=O)c2ccccn2)c1. The number of esters is 1. The minimum absolute atomic E-state index is 0.214. The Bertz CT molecular complexity index is 740. The third kappa shape index (κ3) is 4.50. The Morgan fingerprint density at radius 2 is 2.09 bits per heavy atom. The van der Waals surface area contributed by atoms with E-state index in [0.717, 1.165) is 0 Å². The molecule has 0 fully saturated rings. The van der Waals surface area contributed by atoms with Gasteiger partial charge in [-0.3, -0.25) is 14.6 Å². The van der Waals surface area contributed by atoms with Crippen LogP contribution in [0.3, 0.4) is 0 Å². The number of nitrogens with zero attached hydrogens (tertiary/aromatic N) is 2. The Kier molecular flexibility index (Phi) is 5.62. The van der Waals surface area contributed by atoms with Crippen LogP contribution in [0.4, 0.5) is 0 Å². The molecule has 7 heteroatoms. The zero-order chi connectivity index (χ0) is 16.7. The smallest absolute Gasteiger partial charge is 0.339 e. The summed E-state index contributed by atoms with van der Waals surface area (Å²) in [6.45, 7) is 0.774. The van der Waals surface area contributed by atoms with E-state index in [1.54, 1.807) is 24.4 Å². The maximum atomic E-state index is 11.8. The van der Waals surface area contributed by atoms with Gasteiger partial charge >= 0.3 is 5.97 Å². The van der Waals surface area contributed by atoms with E-state index in [4.69, 9.17) is 0 Å². The van der Waals surface area contributed by atoms with Gasteiger partial charge < -0.3 is 14.6 Å². The number of amides is 1. The van der Waals surface area contributed by atoms with Gasteiger partial charge in [-0.05, 0) is 24.6 Å². The fourth-order valence-electron chi connectivity index (χ4n) is 1.98. The molecule has 0 unspecified atom stereocenters. The van der Waals surface area contributed by atoms with Gasteiger partial charge in [0.2, 0.25) is 0 Å². The summed E-state index contributed by atoms with van der Waals surface area (Å²) >= 11 is 0. The van der Waals surface area contributed by atoms with Crippen molar-refractivity contribution in [2.75, 3.05) is 13.7 Å². The number of nitrogens with one attached hydrogen (secondary N) is 1. The minimum atomic E-state index is -0.498. The number of carbonyl (C=O) groups is 2. The predicted molar refractivity (Wildman–Crippen MR) is 83.2 cm³/mol. The van der Waals surface area contributed by atoms with E-state index in [0.29, 0.717) is 30.8 Å². The summed E-state index contributed by atoms with van der Waals surface area (Å²) < 4.78 is 6.03. The van der Waals surface area contributed by atoms with Gasteiger partial charge in [-0.2, -0.15) is 0 Å². The molecule has 7 nitrogen and oxygen atoms in total. The van der Waals surface area contributed by atoms with Crippen molar-refractivity contribution in [3.8, 4) is 0 Å². The Balaban J connectivity index is 1.88. The Morgan fingerprint density at radius 1 is 1.26 bits per heavy atom. The maximum Gasteiger partial charge on any atom is 0.339 e. The number of ether oxygens (including phenoxy) is 1. The van der Waals surface area contributed by atoms with Gasteiger partial charge in [-0.25, -0.2) is 4.79 Å². The average Bonchev–Trinajstić information content (AvgIpc) is 2.60. The van der Waals surface area contributed by atoms with E-state index < -0.39 is 5.97 Å². The lowest BCUT2D eigenvalue weighted by molar-refractivity contribution is 0.0599. The standard InChI is InChI=1S/C16H17N3O4/c1-23-16(22)12-6-7-14(20)19(11-12)10-4-9-18-15(21)13-5-2-3-8-17-13/h2-3,5-8,11H,4,9-10H2,1H3,(H,18,21). The van der Waals surface area contributed by atoms with Gasteiger partial charge in [0.1, 0.15) is 5.69 Å². The highest BCUT2D eigenvalue weighted by atomic mass is 16.5. The first-order chi connectivity index (χ1) is 11.1. The summed E-state index contributed by atoms with van der Waals surface area (Å²) in [4.78, 5) is 39.0. The maximum absolute atomic E-state index is 11.8. The third-order valence-corrected chi connectivity index (χ3v) is 3.16. The summed E-state index contributed by atoms with van der Waals surface area (Å²) in [6.07, 6.45) is 3.55. The molecule has 23 heavy (non-hydrogen) atoms. The molecule has 0 aliphatic carbocycles. The third-order valence-electron chi connectivity index (χ3n) is 3.16. The molecule has 0 aliphatic heterocycles. The number of hydrogen-bond acceptors (Lipinski definition) is 5. The lowest BCUT2D eigenvalue weighted by atomic mass is 10.2. The first-order valence-electron chi connectivity index (χ1n) is 7.10. The Morgan fingerprint density at radius 3 is 2.78 bits per heavy atom. The van der Waals surface area contributed by atoms with Crippen molar-refractivity contribution in [3.05, 3.63) is 64.3 Å². The van der Waals surface area contributed by atoms with E-state index in [-0.39, 0.29) is 11.5 Å². The summed E-state index contributed by atoms with van der Waals surface area (Å²) in [5.41, 5.74) is 0.440. The second kappa shape index (κ2) is 7.88. The number of aryl methyl sites for hydroxylation is 1. The molecule has 0 saturated carbocycles. The van der Waals surface area contributed by atoms with Crippen LogP contribution in [-0.2, 0) is 11.3 Å². The molecule has 120 valence electrons. The molecule has 0 aliphatic rings. The number of carbonyl (C=O) groups excluding carboxylic acids is 2. The summed E-state index contributed by atoms with van der Waals surface area (Å²) in [5.74, 6) is -0.761. The molecule has 0 spiro atoms. The zero-order valence-electron chi connectivity index (χ0n) is 12.7. The average molecular weight is 315 g/mol. The summed E-state index contributed by atoms with van der Waals surface area (Å²) in [5, 5.41) is 2.73. The van der Waals surface area contributed by atoms with Crippen LogP contribution in [0.5, 0.6) is 0 Å². The molecule has 0 aromatic carbocycles. The highest BCUT2D eigenvalue weighted by Gasteiger charge is 2.08. The van der Waals surface area contributed by atoms with Gasteiger partial charge in [0, 0.05) is 31.5 Å². The first kappa shape index (κ1) is 16.4. The topological polar surface area (TPSA) is 90.3 Å². The molecule has 0 radical (unpaired) electrons. The quantitative estimate of drug-likeness (QED) is 0.630. The molecule has 2 heterocycles. The van der Waals surface area contributed by atoms with Crippen molar-refractivity contribution in [2.24, 2.45) is 0 Å². The van der Waals surface area contributed by atoms with Crippen molar-refractivity contribution < 1.29 is 14.3 Å². The van der Waals surface area contributed by atoms with Gasteiger partial charge in [0.15, 0.2) is 0 Å². The second-order valence-corrected chi connectivity index (χ2v) is 4.77. The van der Waals surface area contributed by atoms with Crippen molar-refractivity contribution in [3.63, 3.8) is 0 Å². The van der Waals surface area contributed by atoms with Gasteiger partial charge in [0.25, 0.3) is 11.5 Å². The van der Waals surface area contributed by atoms with Crippen LogP contribution in [0.2, 0.25) is 0 Å². The van der Waals surface area contributed by atoms with E-state index in [9.17, 15) is 14.4 Å². The largest absolute Gasteiger partial charge is 0.465 e. The summed E-state index contributed by atoms with van der Waals surface area (Å²) in [7, 11) is 1.28. The predicted octanol–water partition coefficient (Wildman–Crippen LogP) is 0.850. The molecular formula is C16H17N3O4. The first-order valence-corrected chi connectivity index (χ1v) is 7.10. The van der Waals surface area contributed by atoms with Crippen LogP contribution in [-0.4, -0.2) is 35.1 Å². The van der Waals surface area contributed by atoms with Crippen molar-refractivity contribution in [1.82, 2.24) is 14.9 Å². The van der Waals surface area contributed by atoms with Crippen molar-refractivity contribution in [2.45, 2.75) is 13.0 Å². The second-order valence-electron chi connectivity index (χ2n) is 4.77.